The van der Waals surface area contributed by atoms with Crippen molar-refractivity contribution in [3.63, 3.8) is 0 Å². The van der Waals surface area contributed by atoms with E-state index in [0.29, 0.717) is 6.54 Å². The van der Waals surface area contributed by atoms with Gasteiger partial charge in [0.25, 0.3) is 0 Å². The molecule has 1 atom stereocenters. The lowest BCUT2D eigenvalue weighted by Crippen LogP contribution is -2.35. The highest BCUT2D eigenvalue weighted by Gasteiger charge is 2.30. The molecule has 0 bridgehead atoms. The van der Waals surface area contributed by atoms with Crippen LogP contribution in [0.1, 0.15) is 24.4 Å². The van der Waals surface area contributed by atoms with Crippen LogP contribution in [0.4, 0.5) is 0 Å². The predicted molar refractivity (Wildman–Crippen MR) is 57.8 cm³/mol. The van der Waals surface area contributed by atoms with E-state index in [4.69, 9.17) is 5.11 Å². The normalized spacial score (nSPS) is 21.2. The average molecular weight is 221 g/mol. The fourth-order valence-electron chi connectivity index (χ4n) is 2.10. The van der Waals surface area contributed by atoms with E-state index >= 15 is 0 Å². The van der Waals surface area contributed by atoms with Gasteiger partial charge in [-0.25, -0.2) is 9.97 Å². The van der Waals surface area contributed by atoms with Crippen molar-refractivity contribution in [3.8, 4) is 0 Å². The van der Waals surface area contributed by atoms with Gasteiger partial charge in [-0.3, -0.25) is 9.69 Å². The number of aryl methyl sites for hydroxylation is 1. The molecule has 1 aromatic heterocycles. The summed E-state index contributed by atoms with van der Waals surface area (Å²) in [6.07, 6.45) is 3.39. The Bertz CT molecular complexity index is 395. The van der Waals surface area contributed by atoms with E-state index in [1.54, 1.807) is 6.20 Å². The van der Waals surface area contributed by atoms with E-state index in [2.05, 4.69) is 9.97 Å². The van der Waals surface area contributed by atoms with Crippen molar-refractivity contribution in [2.24, 2.45) is 0 Å². The van der Waals surface area contributed by atoms with Gasteiger partial charge in [-0.2, -0.15) is 0 Å². The summed E-state index contributed by atoms with van der Waals surface area (Å²) < 4.78 is 0. The maximum absolute atomic E-state index is 11.0. The fourth-order valence-corrected chi connectivity index (χ4v) is 2.10. The molecule has 2 heterocycles. The van der Waals surface area contributed by atoms with Crippen LogP contribution in [0, 0.1) is 6.92 Å². The van der Waals surface area contributed by atoms with Crippen molar-refractivity contribution in [3.05, 3.63) is 23.8 Å². The summed E-state index contributed by atoms with van der Waals surface area (Å²) in [5.74, 6) is -0.00755. The quantitative estimate of drug-likeness (QED) is 0.819. The Hall–Kier alpha value is -1.49. The second-order valence-corrected chi connectivity index (χ2v) is 4.06. The largest absolute Gasteiger partial charge is 0.480 e. The lowest BCUT2D eigenvalue weighted by atomic mass is 10.2. The van der Waals surface area contributed by atoms with Crippen molar-refractivity contribution in [2.45, 2.75) is 32.4 Å². The van der Waals surface area contributed by atoms with Crippen molar-refractivity contribution < 1.29 is 9.90 Å². The molecule has 0 aliphatic carbocycles. The third kappa shape index (κ3) is 2.36. The molecule has 2 rings (SSSR count). The zero-order valence-electron chi connectivity index (χ0n) is 9.26. The third-order valence-electron chi connectivity index (χ3n) is 2.85. The molecule has 5 heteroatoms. The summed E-state index contributed by atoms with van der Waals surface area (Å²) >= 11 is 0. The van der Waals surface area contributed by atoms with Gasteiger partial charge in [0, 0.05) is 12.7 Å². The minimum absolute atomic E-state index is 0.352. The average Bonchev–Trinajstić information content (AvgIpc) is 2.66. The van der Waals surface area contributed by atoms with Crippen molar-refractivity contribution in [1.29, 1.82) is 0 Å². The monoisotopic (exact) mass is 221 g/mol. The Morgan fingerprint density at radius 1 is 1.69 bits per heavy atom. The Balaban J connectivity index is 2.06. The molecule has 86 valence electrons. The molecule has 1 aromatic rings. The molecular formula is C11H15N3O2. The summed E-state index contributed by atoms with van der Waals surface area (Å²) in [6, 6.07) is 1.49. The van der Waals surface area contributed by atoms with Crippen LogP contribution in [-0.2, 0) is 11.3 Å². The van der Waals surface area contributed by atoms with Crippen molar-refractivity contribution in [1.82, 2.24) is 14.9 Å². The number of rotatable bonds is 3. The topological polar surface area (TPSA) is 66.3 Å². The molecule has 0 radical (unpaired) electrons. The molecule has 1 fully saturated rings. The molecule has 0 saturated carbocycles. The second kappa shape index (κ2) is 4.57. The SMILES string of the molecule is Cc1nccc(CN2CCCC2C(=O)O)n1. The summed E-state index contributed by atoms with van der Waals surface area (Å²) in [5, 5.41) is 9.04. The van der Waals surface area contributed by atoms with Gasteiger partial charge < -0.3 is 5.11 Å². The van der Waals surface area contributed by atoms with E-state index in [-0.39, 0.29) is 6.04 Å². The number of likely N-dealkylation sites (tertiary alicyclic amines) is 1. The van der Waals surface area contributed by atoms with Gasteiger partial charge in [-0.1, -0.05) is 0 Å². The maximum Gasteiger partial charge on any atom is 0.320 e. The number of nitrogens with zero attached hydrogens (tertiary/aromatic N) is 3. The van der Waals surface area contributed by atoms with E-state index in [9.17, 15) is 4.79 Å². The predicted octanol–water partition coefficient (Wildman–Crippen LogP) is 0.834. The van der Waals surface area contributed by atoms with Crippen molar-refractivity contribution in [2.75, 3.05) is 6.54 Å². The van der Waals surface area contributed by atoms with Crippen LogP contribution < -0.4 is 0 Å². The van der Waals surface area contributed by atoms with Crippen LogP contribution in [0.15, 0.2) is 12.3 Å². The van der Waals surface area contributed by atoms with Gasteiger partial charge in [-0.15, -0.1) is 0 Å². The first-order chi connectivity index (χ1) is 7.66. The number of aliphatic carboxylic acids is 1. The lowest BCUT2D eigenvalue weighted by molar-refractivity contribution is -0.142. The number of carboxylic acid groups (broad SMARTS) is 1. The summed E-state index contributed by atoms with van der Waals surface area (Å²) in [4.78, 5) is 21.3. The second-order valence-electron chi connectivity index (χ2n) is 4.06. The van der Waals surface area contributed by atoms with Crippen LogP contribution in [0.3, 0.4) is 0 Å². The first kappa shape index (κ1) is 11.0. The van der Waals surface area contributed by atoms with Gasteiger partial charge in [0.1, 0.15) is 11.9 Å². The van der Waals surface area contributed by atoms with Gasteiger partial charge in [0.05, 0.1) is 5.69 Å². The number of carboxylic acids is 1. The van der Waals surface area contributed by atoms with Crippen LogP contribution in [0.2, 0.25) is 0 Å². The molecular weight excluding hydrogens is 206 g/mol. The maximum atomic E-state index is 11.0. The highest BCUT2D eigenvalue weighted by molar-refractivity contribution is 5.73. The molecule has 1 aliphatic rings. The Morgan fingerprint density at radius 3 is 3.19 bits per heavy atom. The standard InChI is InChI=1S/C11H15N3O2/c1-8-12-5-4-9(13-8)7-14-6-2-3-10(14)11(15)16/h4-5,10H,2-3,6-7H2,1H3,(H,15,16). The molecule has 1 saturated heterocycles. The van der Waals surface area contributed by atoms with Gasteiger partial charge in [0.15, 0.2) is 0 Å². The van der Waals surface area contributed by atoms with Crippen molar-refractivity contribution >= 4 is 5.97 Å². The molecule has 0 amide bonds. The van der Waals surface area contributed by atoms with Gasteiger partial charge >= 0.3 is 5.97 Å². The summed E-state index contributed by atoms with van der Waals surface area (Å²) in [5.41, 5.74) is 0.889. The molecule has 1 unspecified atom stereocenters. The van der Waals surface area contributed by atoms with Crippen LogP contribution in [0.5, 0.6) is 0 Å². The first-order valence-electron chi connectivity index (χ1n) is 5.42. The van der Waals surface area contributed by atoms with Crippen LogP contribution in [-0.4, -0.2) is 38.5 Å². The van der Waals surface area contributed by atoms with Gasteiger partial charge in [-0.05, 0) is 32.4 Å². The zero-order valence-corrected chi connectivity index (χ0v) is 9.26. The van der Waals surface area contributed by atoms with Crippen LogP contribution >= 0.6 is 0 Å². The highest BCUT2D eigenvalue weighted by atomic mass is 16.4. The Morgan fingerprint density at radius 2 is 2.50 bits per heavy atom. The molecule has 16 heavy (non-hydrogen) atoms. The molecule has 0 spiro atoms. The smallest absolute Gasteiger partial charge is 0.320 e. The van der Waals surface area contributed by atoms with E-state index < -0.39 is 5.97 Å². The number of aromatic nitrogens is 2. The number of carbonyl (C=O) groups is 1. The number of hydrogen-bond donors (Lipinski definition) is 1. The molecule has 5 nitrogen and oxygen atoms in total. The molecule has 0 aromatic carbocycles. The van der Waals surface area contributed by atoms with Gasteiger partial charge in [0.2, 0.25) is 0 Å². The summed E-state index contributed by atoms with van der Waals surface area (Å²) in [6.45, 7) is 3.27. The number of hydrogen-bond acceptors (Lipinski definition) is 4. The van der Waals surface area contributed by atoms with E-state index in [0.717, 1.165) is 30.9 Å². The van der Waals surface area contributed by atoms with E-state index in [1.807, 2.05) is 17.9 Å². The Labute approximate surface area is 94.1 Å². The zero-order chi connectivity index (χ0) is 11.5. The highest BCUT2D eigenvalue weighted by Crippen LogP contribution is 2.19. The Kier molecular flexibility index (Phi) is 3.14. The lowest BCUT2D eigenvalue weighted by Gasteiger charge is -2.20. The minimum atomic E-state index is -0.733. The minimum Gasteiger partial charge on any atom is -0.480 e. The fraction of sp³-hybridized carbons (Fsp3) is 0.545. The molecule has 1 aliphatic heterocycles. The van der Waals surface area contributed by atoms with E-state index in [1.165, 1.54) is 0 Å². The third-order valence-corrected chi connectivity index (χ3v) is 2.85. The summed E-state index contributed by atoms with van der Waals surface area (Å²) in [7, 11) is 0. The first-order valence-corrected chi connectivity index (χ1v) is 5.42. The van der Waals surface area contributed by atoms with Crippen LogP contribution in [0.25, 0.3) is 0 Å². The molecule has 1 N–H and O–H groups in total.